The number of ether oxygens (including phenoxy) is 4. The fraction of sp³-hybridized carbons (Fsp3) is 0.536. The lowest BCUT2D eigenvalue weighted by molar-refractivity contribution is -0.151. The number of nitrogens with one attached hydrogen (secondary N) is 1. The van der Waals surface area contributed by atoms with Crippen molar-refractivity contribution in [2.24, 2.45) is 11.8 Å². The average molecular weight is 498 g/mol. The molecule has 1 N–H and O–H groups in total. The lowest BCUT2D eigenvalue weighted by atomic mass is 9.69. The fourth-order valence-corrected chi connectivity index (χ4v) is 5.72. The summed E-state index contributed by atoms with van der Waals surface area (Å²) in [5, 5.41) is 3.30. The second-order valence-corrected chi connectivity index (χ2v) is 9.81. The van der Waals surface area contributed by atoms with Gasteiger partial charge >= 0.3 is 11.9 Å². The summed E-state index contributed by atoms with van der Waals surface area (Å²) >= 11 is 0. The second kappa shape index (κ2) is 10.8. The van der Waals surface area contributed by atoms with Crippen LogP contribution in [0.3, 0.4) is 0 Å². The van der Waals surface area contributed by atoms with Crippen LogP contribution in [0.1, 0.15) is 63.9 Å². The molecular weight excluding hydrogens is 462 g/mol. The minimum absolute atomic E-state index is 0.148. The molecule has 8 heteroatoms. The molecule has 0 radical (unpaired) electrons. The molecule has 36 heavy (non-hydrogen) atoms. The molecule has 3 atom stereocenters. The highest BCUT2D eigenvalue weighted by Crippen LogP contribution is 2.48. The monoisotopic (exact) mass is 497 g/mol. The van der Waals surface area contributed by atoms with Gasteiger partial charge < -0.3 is 24.3 Å². The summed E-state index contributed by atoms with van der Waals surface area (Å²) in [5.74, 6) is -2.27. The van der Waals surface area contributed by atoms with Crippen molar-refractivity contribution in [3.8, 4) is 11.5 Å². The van der Waals surface area contributed by atoms with E-state index in [0.717, 1.165) is 32.1 Å². The Hall–Kier alpha value is -3.29. The van der Waals surface area contributed by atoms with Crippen molar-refractivity contribution in [1.82, 2.24) is 5.32 Å². The van der Waals surface area contributed by atoms with Crippen LogP contribution in [-0.4, -0.2) is 45.2 Å². The van der Waals surface area contributed by atoms with Crippen LogP contribution in [0.15, 0.2) is 40.7 Å². The third kappa shape index (κ3) is 4.73. The zero-order valence-corrected chi connectivity index (χ0v) is 21.6. The molecule has 1 aliphatic heterocycles. The lowest BCUT2D eigenvalue weighted by Gasteiger charge is -2.39. The minimum Gasteiger partial charge on any atom is -0.497 e. The Morgan fingerprint density at radius 2 is 1.75 bits per heavy atom. The number of carbonyl (C=O) groups excluding carboxylic acids is 3. The van der Waals surface area contributed by atoms with E-state index < -0.39 is 23.8 Å². The molecule has 1 aromatic rings. The van der Waals surface area contributed by atoms with Crippen molar-refractivity contribution in [2.45, 2.75) is 64.4 Å². The van der Waals surface area contributed by atoms with Gasteiger partial charge in [-0.3, -0.25) is 9.59 Å². The molecule has 2 aliphatic carbocycles. The Balaban J connectivity index is 1.84. The molecule has 0 bridgehead atoms. The van der Waals surface area contributed by atoms with Gasteiger partial charge in [0.05, 0.1) is 32.8 Å². The number of carbonyl (C=O) groups is 3. The van der Waals surface area contributed by atoms with Crippen molar-refractivity contribution < 1.29 is 33.3 Å². The van der Waals surface area contributed by atoms with E-state index in [2.05, 4.69) is 5.32 Å². The highest BCUT2D eigenvalue weighted by atomic mass is 16.5. The molecule has 4 rings (SSSR count). The molecule has 0 spiro atoms. The maximum Gasteiger partial charge on any atom is 0.337 e. The van der Waals surface area contributed by atoms with E-state index >= 15 is 0 Å². The summed E-state index contributed by atoms with van der Waals surface area (Å²) in [6, 6.07) is 5.30. The highest BCUT2D eigenvalue weighted by molar-refractivity contribution is 6.12. The Morgan fingerprint density at radius 3 is 2.39 bits per heavy atom. The van der Waals surface area contributed by atoms with Crippen molar-refractivity contribution >= 4 is 17.7 Å². The zero-order chi connectivity index (χ0) is 26.0. The third-order valence-electron chi connectivity index (χ3n) is 7.54. The van der Waals surface area contributed by atoms with Crippen molar-refractivity contribution in [2.75, 3.05) is 21.3 Å². The number of hydrogen-bond donors (Lipinski definition) is 1. The predicted octanol–water partition coefficient (Wildman–Crippen LogP) is 4.19. The Labute approximate surface area is 212 Å². The van der Waals surface area contributed by atoms with Crippen LogP contribution < -0.4 is 14.8 Å². The van der Waals surface area contributed by atoms with Crippen LogP contribution in [0.2, 0.25) is 0 Å². The van der Waals surface area contributed by atoms with Gasteiger partial charge in [0.25, 0.3) is 0 Å². The van der Waals surface area contributed by atoms with Gasteiger partial charge in [0.15, 0.2) is 5.78 Å². The van der Waals surface area contributed by atoms with Gasteiger partial charge in [0.2, 0.25) is 0 Å². The van der Waals surface area contributed by atoms with E-state index in [1.54, 1.807) is 25.3 Å². The largest absolute Gasteiger partial charge is 0.497 e. The van der Waals surface area contributed by atoms with E-state index in [0.29, 0.717) is 46.0 Å². The first-order chi connectivity index (χ1) is 17.3. The molecule has 8 nitrogen and oxygen atoms in total. The third-order valence-corrected chi connectivity index (χ3v) is 7.54. The first-order valence-electron chi connectivity index (χ1n) is 12.6. The van der Waals surface area contributed by atoms with Gasteiger partial charge in [0.1, 0.15) is 23.5 Å². The molecule has 0 unspecified atom stereocenters. The summed E-state index contributed by atoms with van der Waals surface area (Å²) in [6.45, 7) is 3.69. The maximum atomic E-state index is 13.9. The standard InChI is InChI=1S/C28H35NO7/c1-15-13-20-25(26(30)22(15)27(31)35-5)24(19-12-11-18(33-3)14-21(19)34-4)23(16(2)29-20)28(32)36-17-9-7-6-8-10-17/h11-12,14-15,17,22,24,29H,6-10,13H2,1-5H3/t15-,22-,24-/m0/s1. The number of methoxy groups -OCH3 is 3. The number of allylic oxidation sites excluding steroid dienone is 3. The topological polar surface area (TPSA) is 100 Å². The number of Topliss-reactive ketones (excluding diaryl/α,β-unsaturated/α-hetero) is 1. The van der Waals surface area contributed by atoms with Crippen molar-refractivity contribution in [1.29, 1.82) is 0 Å². The maximum absolute atomic E-state index is 13.9. The normalized spacial score (nSPS) is 24.6. The van der Waals surface area contributed by atoms with Crippen LogP contribution in [-0.2, 0) is 23.9 Å². The molecule has 194 valence electrons. The van der Waals surface area contributed by atoms with Crippen molar-refractivity contribution in [3.63, 3.8) is 0 Å². The molecule has 0 saturated heterocycles. The van der Waals surface area contributed by atoms with Gasteiger partial charge in [-0.1, -0.05) is 19.4 Å². The molecule has 1 aromatic carbocycles. The van der Waals surface area contributed by atoms with Crippen LogP contribution in [0, 0.1) is 11.8 Å². The molecular formula is C28H35NO7. The number of benzene rings is 1. The van der Waals surface area contributed by atoms with Gasteiger partial charge in [-0.15, -0.1) is 0 Å². The SMILES string of the molecule is COC(=O)[C@@H]1C(=O)C2=C(C[C@@H]1C)NC(C)=C(C(=O)OC1CCCCC1)[C@@H]2c1ccc(OC)cc1OC. The molecule has 0 amide bonds. The smallest absolute Gasteiger partial charge is 0.337 e. The van der Waals surface area contributed by atoms with E-state index in [1.165, 1.54) is 14.2 Å². The van der Waals surface area contributed by atoms with E-state index in [-0.39, 0.29) is 17.8 Å². The summed E-state index contributed by atoms with van der Waals surface area (Å²) in [6.07, 6.45) is 5.17. The first-order valence-corrected chi connectivity index (χ1v) is 12.6. The van der Waals surface area contributed by atoms with E-state index in [4.69, 9.17) is 18.9 Å². The average Bonchev–Trinajstić information content (AvgIpc) is 2.87. The number of rotatable bonds is 6. The minimum atomic E-state index is -0.948. The number of ketones is 1. The van der Waals surface area contributed by atoms with Gasteiger partial charge in [-0.25, -0.2) is 4.79 Å². The quantitative estimate of drug-likeness (QED) is 0.461. The molecule has 0 aromatic heterocycles. The Kier molecular flexibility index (Phi) is 7.71. The summed E-state index contributed by atoms with van der Waals surface area (Å²) in [4.78, 5) is 40.2. The summed E-state index contributed by atoms with van der Waals surface area (Å²) in [5.41, 5.74) is 2.72. The number of esters is 2. The summed E-state index contributed by atoms with van der Waals surface area (Å²) in [7, 11) is 4.38. The number of dihydropyridines is 1. The molecule has 1 heterocycles. The van der Waals surface area contributed by atoms with Crippen molar-refractivity contribution in [3.05, 3.63) is 46.3 Å². The van der Waals surface area contributed by atoms with Crippen LogP contribution in [0.4, 0.5) is 0 Å². The van der Waals surface area contributed by atoms with E-state index in [1.807, 2.05) is 13.8 Å². The molecule has 1 saturated carbocycles. The second-order valence-electron chi connectivity index (χ2n) is 9.81. The van der Waals surface area contributed by atoms with E-state index in [9.17, 15) is 14.4 Å². The van der Waals surface area contributed by atoms with Gasteiger partial charge in [-0.2, -0.15) is 0 Å². The first kappa shape index (κ1) is 25.8. The van der Waals surface area contributed by atoms with Gasteiger partial charge in [-0.05, 0) is 51.0 Å². The highest BCUT2D eigenvalue weighted by Gasteiger charge is 2.48. The zero-order valence-electron chi connectivity index (χ0n) is 21.6. The predicted molar refractivity (Wildman–Crippen MR) is 132 cm³/mol. The Morgan fingerprint density at radius 1 is 1.03 bits per heavy atom. The molecule has 3 aliphatic rings. The van der Waals surface area contributed by atoms with Gasteiger partial charge in [0, 0.05) is 28.6 Å². The van der Waals surface area contributed by atoms with Crippen LogP contribution in [0.5, 0.6) is 11.5 Å². The number of hydrogen-bond acceptors (Lipinski definition) is 8. The van der Waals surface area contributed by atoms with Crippen LogP contribution in [0.25, 0.3) is 0 Å². The lowest BCUT2D eigenvalue weighted by Crippen LogP contribution is -2.43. The fourth-order valence-electron chi connectivity index (χ4n) is 5.72. The molecule has 1 fully saturated rings. The summed E-state index contributed by atoms with van der Waals surface area (Å²) < 4.78 is 22.0. The van der Waals surface area contributed by atoms with Crippen LogP contribution >= 0.6 is 0 Å². The Bertz CT molecular complexity index is 1110.